The van der Waals surface area contributed by atoms with Gasteiger partial charge in [0.15, 0.2) is 0 Å². The standard InChI is InChI=1S/C34H49N3O5S2/c1-9-10-11-12-19-42-29-16-13-27(14-17-29)35-32-18-15-28(22-33(32)37-43(8,38)39)36-44(40,41)34-30(24(4)5)20-26(23(2)3)21-31(34)25(6)7/h13-18,20-25,35-37H,9-12,19H2,1-8H3. The second kappa shape index (κ2) is 15.2. The van der Waals surface area contributed by atoms with Crippen molar-refractivity contribution in [1.82, 2.24) is 0 Å². The predicted molar refractivity (Wildman–Crippen MR) is 184 cm³/mol. The van der Waals surface area contributed by atoms with Crippen molar-refractivity contribution in [2.24, 2.45) is 0 Å². The van der Waals surface area contributed by atoms with E-state index in [2.05, 4.69) is 35.5 Å². The molecule has 3 rings (SSSR count). The number of sulfonamides is 2. The maximum Gasteiger partial charge on any atom is 0.262 e. The first kappa shape index (κ1) is 35.2. The van der Waals surface area contributed by atoms with Crippen LogP contribution in [0.4, 0.5) is 22.7 Å². The van der Waals surface area contributed by atoms with Crippen LogP contribution in [-0.2, 0) is 20.0 Å². The fraction of sp³-hybridized carbons (Fsp3) is 0.471. The molecule has 0 bridgehead atoms. The second-order valence-corrected chi connectivity index (χ2v) is 15.7. The maximum atomic E-state index is 14.0. The second-order valence-electron chi connectivity index (χ2n) is 12.3. The number of nitrogens with one attached hydrogen (secondary N) is 3. The van der Waals surface area contributed by atoms with Crippen molar-refractivity contribution in [1.29, 1.82) is 0 Å². The van der Waals surface area contributed by atoms with Gasteiger partial charge in [-0.3, -0.25) is 9.44 Å². The molecule has 0 atom stereocenters. The molecule has 3 aromatic rings. The van der Waals surface area contributed by atoms with E-state index in [0.29, 0.717) is 12.3 Å². The molecule has 0 aliphatic rings. The zero-order valence-electron chi connectivity index (χ0n) is 27.3. The highest BCUT2D eigenvalue weighted by atomic mass is 32.2. The van der Waals surface area contributed by atoms with Gasteiger partial charge in [0, 0.05) is 5.69 Å². The number of hydrogen-bond donors (Lipinski definition) is 3. The Labute approximate surface area is 265 Å². The van der Waals surface area contributed by atoms with E-state index in [-0.39, 0.29) is 34.0 Å². The highest BCUT2D eigenvalue weighted by Crippen LogP contribution is 2.37. The Bertz CT molecular complexity index is 1590. The van der Waals surface area contributed by atoms with Crippen LogP contribution in [0.1, 0.15) is 109 Å². The van der Waals surface area contributed by atoms with Crippen LogP contribution in [0, 0.1) is 0 Å². The number of hydrogen-bond acceptors (Lipinski definition) is 6. The molecular formula is C34H49N3O5S2. The molecule has 0 fully saturated rings. The summed E-state index contributed by atoms with van der Waals surface area (Å²) < 4.78 is 63.6. The molecular weight excluding hydrogens is 595 g/mol. The van der Waals surface area contributed by atoms with Crippen molar-refractivity contribution in [3.05, 3.63) is 71.3 Å². The monoisotopic (exact) mass is 643 g/mol. The van der Waals surface area contributed by atoms with Crippen LogP contribution in [0.15, 0.2) is 59.5 Å². The van der Waals surface area contributed by atoms with Crippen molar-refractivity contribution in [3.63, 3.8) is 0 Å². The van der Waals surface area contributed by atoms with Crippen LogP contribution in [-0.4, -0.2) is 29.7 Å². The van der Waals surface area contributed by atoms with E-state index in [1.165, 1.54) is 18.9 Å². The number of rotatable bonds is 16. The Morgan fingerprint density at radius 2 is 1.27 bits per heavy atom. The molecule has 0 saturated heterocycles. The van der Waals surface area contributed by atoms with Crippen molar-refractivity contribution in [2.75, 3.05) is 27.6 Å². The lowest BCUT2D eigenvalue weighted by atomic mass is 9.89. The topological polar surface area (TPSA) is 114 Å². The minimum atomic E-state index is -4.02. The van der Waals surface area contributed by atoms with Gasteiger partial charge in [-0.05, 0) is 83.3 Å². The normalized spacial score (nSPS) is 12.2. The molecule has 0 spiro atoms. The van der Waals surface area contributed by atoms with Crippen LogP contribution in [0.5, 0.6) is 5.75 Å². The Morgan fingerprint density at radius 1 is 0.682 bits per heavy atom. The lowest BCUT2D eigenvalue weighted by Crippen LogP contribution is -2.19. The van der Waals surface area contributed by atoms with Gasteiger partial charge in [-0.2, -0.15) is 0 Å². The molecule has 0 radical (unpaired) electrons. The minimum Gasteiger partial charge on any atom is -0.494 e. The molecule has 0 aromatic heterocycles. The van der Waals surface area contributed by atoms with E-state index in [9.17, 15) is 16.8 Å². The van der Waals surface area contributed by atoms with E-state index in [0.717, 1.165) is 47.2 Å². The molecule has 0 saturated carbocycles. The fourth-order valence-corrected chi connectivity index (χ4v) is 7.23. The van der Waals surface area contributed by atoms with Gasteiger partial charge in [-0.1, -0.05) is 79.9 Å². The third-order valence-electron chi connectivity index (χ3n) is 7.32. The Hall–Kier alpha value is -3.24. The SMILES string of the molecule is CCCCCCOc1ccc(Nc2ccc(NS(=O)(=O)c3c(C(C)C)cc(C(C)C)cc3C(C)C)cc2NS(C)(=O)=O)cc1. The summed E-state index contributed by atoms with van der Waals surface area (Å²) in [5.74, 6) is 0.960. The van der Waals surface area contributed by atoms with Crippen LogP contribution < -0.4 is 19.5 Å². The van der Waals surface area contributed by atoms with E-state index in [1.807, 2.05) is 64.1 Å². The summed E-state index contributed by atoms with van der Waals surface area (Å²) in [5.41, 5.74) is 4.26. The summed E-state index contributed by atoms with van der Waals surface area (Å²) in [6.45, 7) is 15.0. The summed E-state index contributed by atoms with van der Waals surface area (Å²) in [6.07, 6.45) is 5.57. The van der Waals surface area contributed by atoms with Crippen molar-refractivity contribution in [2.45, 2.75) is 96.8 Å². The lowest BCUT2D eigenvalue weighted by molar-refractivity contribution is 0.305. The zero-order chi connectivity index (χ0) is 32.7. The van der Waals surface area contributed by atoms with Crippen LogP contribution in [0.3, 0.4) is 0 Å². The van der Waals surface area contributed by atoms with Gasteiger partial charge in [0.05, 0.1) is 34.8 Å². The summed E-state index contributed by atoms with van der Waals surface area (Å²) in [5, 5.41) is 3.23. The van der Waals surface area contributed by atoms with Gasteiger partial charge in [0.1, 0.15) is 5.75 Å². The first-order valence-electron chi connectivity index (χ1n) is 15.4. The third-order valence-corrected chi connectivity index (χ3v) is 9.42. The van der Waals surface area contributed by atoms with Crippen LogP contribution in [0.25, 0.3) is 0 Å². The summed E-state index contributed by atoms with van der Waals surface area (Å²) in [6, 6.07) is 16.2. The summed E-state index contributed by atoms with van der Waals surface area (Å²) in [7, 11) is -7.68. The van der Waals surface area contributed by atoms with Gasteiger partial charge >= 0.3 is 0 Å². The molecule has 8 nitrogen and oxygen atoms in total. The maximum absolute atomic E-state index is 14.0. The first-order valence-corrected chi connectivity index (χ1v) is 18.8. The van der Waals surface area contributed by atoms with E-state index < -0.39 is 20.0 Å². The number of unbranched alkanes of at least 4 members (excludes halogenated alkanes) is 3. The van der Waals surface area contributed by atoms with Gasteiger partial charge in [-0.15, -0.1) is 0 Å². The Morgan fingerprint density at radius 3 is 1.80 bits per heavy atom. The predicted octanol–water partition coefficient (Wildman–Crippen LogP) is 8.93. The summed E-state index contributed by atoms with van der Waals surface area (Å²) >= 11 is 0. The smallest absolute Gasteiger partial charge is 0.262 e. The summed E-state index contributed by atoms with van der Waals surface area (Å²) in [4.78, 5) is 0.277. The van der Waals surface area contributed by atoms with E-state index >= 15 is 0 Å². The van der Waals surface area contributed by atoms with Gasteiger partial charge < -0.3 is 10.1 Å². The van der Waals surface area contributed by atoms with E-state index in [4.69, 9.17) is 4.74 Å². The van der Waals surface area contributed by atoms with Crippen LogP contribution >= 0.6 is 0 Å². The average Bonchev–Trinajstić information content (AvgIpc) is 2.93. The Kier molecular flexibility index (Phi) is 12.1. The van der Waals surface area contributed by atoms with Gasteiger partial charge in [0.2, 0.25) is 10.0 Å². The average molecular weight is 644 g/mol. The number of anilines is 4. The molecule has 0 aliphatic carbocycles. The number of ether oxygens (including phenoxy) is 1. The molecule has 0 amide bonds. The molecule has 3 aromatic carbocycles. The molecule has 44 heavy (non-hydrogen) atoms. The molecule has 242 valence electrons. The zero-order valence-corrected chi connectivity index (χ0v) is 29.0. The highest BCUT2D eigenvalue weighted by molar-refractivity contribution is 7.93. The highest BCUT2D eigenvalue weighted by Gasteiger charge is 2.27. The van der Waals surface area contributed by atoms with Crippen LogP contribution in [0.2, 0.25) is 0 Å². The largest absolute Gasteiger partial charge is 0.494 e. The van der Waals surface area contributed by atoms with Gasteiger partial charge in [0.25, 0.3) is 10.0 Å². The molecule has 0 heterocycles. The third kappa shape index (κ3) is 9.89. The molecule has 10 heteroatoms. The quantitative estimate of drug-likeness (QED) is 0.134. The van der Waals surface area contributed by atoms with Crippen molar-refractivity contribution >= 4 is 42.8 Å². The lowest BCUT2D eigenvalue weighted by Gasteiger charge is -2.23. The molecule has 0 aliphatic heterocycles. The Balaban J connectivity index is 1.93. The van der Waals surface area contributed by atoms with Crippen molar-refractivity contribution in [3.8, 4) is 5.75 Å². The van der Waals surface area contributed by atoms with Gasteiger partial charge in [-0.25, -0.2) is 16.8 Å². The minimum absolute atomic E-state index is 0.0235. The van der Waals surface area contributed by atoms with Crippen molar-refractivity contribution < 1.29 is 21.6 Å². The number of benzene rings is 3. The molecule has 0 unspecified atom stereocenters. The van der Waals surface area contributed by atoms with E-state index in [1.54, 1.807) is 12.1 Å². The molecule has 3 N–H and O–H groups in total. The fourth-order valence-electron chi connectivity index (χ4n) is 4.92. The first-order chi connectivity index (χ1) is 20.6.